The Morgan fingerprint density at radius 2 is 1.58 bits per heavy atom. The van der Waals surface area contributed by atoms with E-state index in [2.05, 4.69) is 24.2 Å². The minimum atomic E-state index is -0.806. The molecule has 0 aliphatic rings. The van der Waals surface area contributed by atoms with E-state index in [1.54, 1.807) is 17.7 Å². The van der Waals surface area contributed by atoms with Gasteiger partial charge >= 0.3 is 12.1 Å². The lowest BCUT2D eigenvalue weighted by atomic mass is 10.00. The van der Waals surface area contributed by atoms with Gasteiger partial charge in [-0.25, -0.2) is 29.7 Å². The van der Waals surface area contributed by atoms with Crippen LogP contribution in [0.5, 0.6) is 0 Å². The molecule has 36 heavy (non-hydrogen) atoms. The number of carbonyl (C=O) groups excluding carboxylic acids is 2. The highest BCUT2D eigenvalue weighted by Gasteiger charge is 2.26. The standard InChI is InChI=1S/C29H32N2O4S/c1-5-34-28(32)25-20-26(22-13-7-6-8-14-22)31(30-29(33)35-18-19-36(2,3)4)27(25)24-17-11-15-21-12-9-10-16-23(21)24/h6-17,20H,5,18-19H2,1-4H3,(H,30,33). The third kappa shape index (κ3) is 5.74. The van der Waals surface area contributed by atoms with Crippen LogP contribution in [0.1, 0.15) is 17.3 Å². The molecule has 188 valence electrons. The second-order valence-corrected chi connectivity index (χ2v) is 13.9. The maximum absolute atomic E-state index is 13.2. The zero-order valence-corrected chi connectivity index (χ0v) is 21.9. The van der Waals surface area contributed by atoms with E-state index in [4.69, 9.17) is 9.47 Å². The van der Waals surface area contributed by atoms with Crippen molar-refractivity contribution in [2.75, 3.05) is 43.2 Å². The third-order valence-corrected chi connectivity index (χ3v) is 7.13. The number of ether oxygens (including phenoxy) is 2. The second-order valence-electron chi connectivity index (χ2n) is 9.28. The highest BCUT2D eigenvalue weighted by molar-refractivity contribution is 8.32. The first kappa shape index (κ1) is 25.4. The fourth-order valence-electron chi connectivity index (χ4n) is 4.02. The van der Waals surface area contributed by atoms with Crippen molar-refractivity contribution < 1.29 is 19.1 Å². The summed E-state index contributed by atoms with van der Waals surface area (Å²) in [6.07, 6.45) is 5.96. The number of esters is 1. The number of hydrogen-bond acceptors (Lipinski definition) is 4. The largest absolute Gasteiger partial charge is 0.462 e. The van der Waals surface area contributed by atoms with Crippen molar-refractivity contribution in [1.29, 1.82) is 0 Å². The van der Waals surface area contributed by atoms with Crippen LogP contribution in [0.3, 0.4) is 0 Å². The number of aromatic nitrogens is 1. The molecule has 4 aromatic rings. The first-order valence-corrected chi connectivity index (χ1v) is 14.9. The maximum atomic E-state index is 13.2. The highest BCUT2D eigenvalue weighted by Crippen LogP contribution is 2.37. The molecule has 1 aromatic heterocycles. The van der Waals surface area contributed by atoms with E-state index < -0.39 is 22.1 Å². The Labute approximate surface area is 213 Å². The molecule has 0 saturated carbocycles. The van der Waals surface area contributed by atoms with Crippen LogP contribution in [-0.2, 0) is 9.47 Å². The number of carbonyl (C=O) groups is 2. The summed E-state index contributed by atoms with van der Waals surface area (Å²) >= 11 is 0. The van der Waals surface area contributed by atoms with Gasteiger partial charge in [0.25, 0.3) is 0 Å². The molecule has 0 unspecified atom stereocenters. The summed E-state index contributed by atoms with van der Waals surface area (Å²) in [5, 5.41) is 1.98. The van der Waals surface area contributed by atoms with E-state index in [1.165, 1.54) is 0 Å². The Bertz CT molecular complexity index is 1370. The zero-order valence-electron chi connectivity index (χ0n) is 21.1. The molecule has 0 bridgehead atoms. The maximum Gasteiger partial charge on any atom is 0.426 e. The molecule has 7 heteroatoms. The summed E-state index contributed by atoms with van der Waals surface area (Å²) in [4.78, 5) is 26.1. The molecule has 0 aliphatic heterocycles. The van der Waals surface area contributed by atoms with Crippen LogP contribution in [0, 0.1) is 0 Å². The summed E-state index contributed by atoms with van der Waals surface area (Å²) < 4.78 is 12.6. The predicted molar refractivity (Wildman–Crippen MR) is 150 cm³/mol. The van der Waals surface area contributed by atoms with Gasteiger partial charge in [-0.3, -0.25) is 0 Å². The number of nitrogens with one attached hydrogen (secondary N) is 1. The molecule has 0 atom stereocenters. The van der Waals surface area contributed by atoms with E-state index in [9.17, 15) is 9.59 Å². The van der Waals surface area contributed by atoms with Crippen LogP contribution in [0.25, 0.3) is 33.3 Å². The SMILES string of the molecule is CCOC(=O)c1cc(-c2ccccc2)n(NC(=O)OCCS(C)(C)C)c1-c1cccc2ccccc12. The normalized spacial score (nSPS) is 11.8. The third-order valence-electron chi connectivity index (χ3n) is 5.74. The van der Waals surface area contributed by atoms with Gasteiger partial charge in [-0.05, 0) is 42.5 Å². The van der Waals surface area contributed by atoms with Gasteiger partial charge in [0.05, 0.1) is 23.6 Å². The Morgan fingerprint density at radius 1 is 0.889 bits per heavy atom. The van der Waals surface area contributed by atoms with Crippen molar-refractivity contribution in [2.45, 2.75) is 6.92 Å². The molecule has 0 saturated heterocycles. The average molecular weight is 505 g/mol. The van der Waals surface area contributed by atoms with E-state index in [1.807, 2.05) is 72.8 Å². The first-order valence-electron chi connectivity index (χ1n) is 11.8. The van der Waals surface area contributed by atoms with Gasteiger partial charge in [-0.15, -0.1) is 0 Å². The summed E-state index contributed by atoms with van der Waals surface area (Å²) in [7, 11) is -0.806. The molecule has 0 aliphatic carbocycles. The zero-order chi connectivity index (χ0) is 25.7. The lowest BCUT2D eigenvalue weighted by Crippen LogP contribution is -2.26. The van der Waals surface area contributed by atoms with Gasteiger partial charge in [0.15, 0.2) is 0 Å². The van der Waals surface area contributed by atoms with Crippen LogP contribution in [0.4, 0.5) is 4.79 Å². The average Bonchev–Trinajstić information content (AvgIpc) is 3.22. The van der Waals surface area contributed by atoms with Crippen molar-refractivity contribution in [3.05, 3.63) is 84.4 Å². The lowest BCUT2D eigenvalue weighted by molar-refractivity contribution is 0.0527. The Balaban J connectivity index is 1.89. The Morgan fingerprint density at radius 3 is 2.31 bits per heavy atom. The summed E-state index contributed by atoms with van der Waals surface area (Å²) in [5.74, 6) is 0.352. The predicted octanol–water partition coefficient (Wildman–Crippen LogP) is 6.53. The van der Waals surface area contributed by atoms with Crippen molar-refractivity contribution >= 4 is 32.9 Å². The number of fused-ring (bicyclic) bond motifs is 1. The van der Waals surface area contributed by atoms with Crippen molar-refractivity contribution in [3.63, 3.8) is 0 Å². The van der Waals surface area contributed by atoms with Gasteiger partial charge in [-0.1, -0.05) is 72.8 Å². The molecule has 1 N–H and O–H groups in total. The molecular weight excluding hydrogens is 472 g/mol. The summed E-state index contributed by atoms with van der Waals surface area (Å²) in [6, 6.07) is 25.2. The van der Waals surface area contributed by atoms with Crippen molar-refractivity contribution in [3.8, 4) is 22.5 Å². The fraction of sp³-hybridized carbons (Fsp3) is 0.241. The number of nitrogens with zero attached hydrogens (tertiary/aromatic N) is 1. The second kappa shape index (κ2) is 10.9. The molecule has 1 amide bonds. The highest BCUT2D eigenvalue weighted by atomic mass is 32.3. The molecule has 3 aromatic carbocycles. The van der Waals surface area contributed by atoms with E-state index >= 15 is 0 Å². The van der Waals surface area contributed by atoms with Crippen LogP contribution < -0.4 is 5.43 Å². The minimum Gasteiger partial charge on any atom is -0.462 e. The van der Waals surface area contributed by atoms with Gasteiger partial charge in [0, 0.05) is 16.9 Å². The topological polar surface area (TPSA) is 69.6 Å². The van der Waals surface area contributed by atoms with Gasteiger partial charge in [0.2, 0.25) is 0 Å². The fourth-order valence-corrected chi connectivity index (χ4v) is 4.60. The minimum absolute atomic E-state index is 0.240. The Kier molecular flexibility index (Phi) is 7.70. The number of benzene rings is 3. The summed E-state index contributed by atoms with van der Waals surface area (Å²) in [5.41, 5.74) is 6.11. The Hall–Kier alpha value is -3.71. The first-order chi connectivity index (χ1) is 17.3. The van der Waals surface area contributed by atoms with Gasteiger partial charge < -0.3 is 9.47 Å². The molecule has 0 fully saturated rings. The lowest BCUT2D eigenvalue weighted by Gasteiger charge is -2.24. The quantitative estimate of drug-likeness (QED) is 0.277. The molecule has 0 radical (unpaired) electrons. The van der Waals surface area contributed by atoms with Gasteiger partial charge in [0.1, 0.15) is 6.61 Å². The van der Waals surface area contributed by atoms with Crippen LogP contribution in [0.15, 0.2) is 78.9 Å². The number of hydrogen-bond donors (Lipinski definition) is 1. The molecule has 0 spiro atoms. The monoisotopic (exact) mass is 504 g/mol. The van der Waals surface area contributed by atoms with E-state index in [0.29, 0.717) is 23.6 Å². The molecule has 1 heterocycles. The van der Waals surface area contributed by atoms with E-state index in [-0.39, 0.29) is 6.61 Å². The molecule has 6 nitrogen and oxygen atoms in total. The molecular formula is C29H32N2O4S. The summed E-state index contributed by atoms with van der Waals surface area (Å²) in [6.45, 7) is 2.34. The van der Waals surface area contributed by atoms with Crippen LogP contribution >= 0.6 is 10.0 Å². The van der Waals surface area contributed by atoms with Crippen LogP contribution in [0.2, 0.25) is 0 Å². The smallest absolute Gasteiger partial charge is 0.426 e. The number of amides is 1. The number of rotatable bonds is 8. The van der Waals surface area contributed by atoms with Crippen LogP contribution in [-0.4, -0.2) is 54.5 Å². The van der Waals surface area contributed by atoms with Gasteiger partial charge in [-0.2, -0.15) is 0 Å². The van der Waals surface area contributed by atoms with Crippen molar-refractivity contribution in [1.82, 2.24) is 4.68 Å². The van der Waals surface area contributed by atoms with E-state index in [0.717, 1.165) is 27.7 Å². The van der Waals surface area contributed by atoms with Crippen molar-refractivity contribution in [2.24, 2.45) is 0 Å². The molecule has 4 rings (SSSR count).